The van der Waals surface area contributed by atoms with Crippen LogP contribution in [-0.4, -0.2) is 66.5 Å². The van der Waals surface area contributed by atoms with E-state index in [1.165, 1.54) is 38.6 Å². The number of nitrogens with zero attached hydrogens (tertiary/aromatic N) is 3. The number of hydrogen-bond acceptors (Lipinski definition) is 2. The predicted octanol–water partition coefficient (Wildman–Crippen LogP) is 2.01. The predicted molar refractivity (Wildman–Crippen MR) is 73.7 cm³/mol. The van der Waals surface area contributed by atoms with Crippen molar-refractivity contribution >= 4 is 6.03 Å². The van der Waals surface area contributed by atoms with Gasteiger partial charge in [-0.1, -0.05) is 6.92 Å². The summed E-state index contributed by atoms with van der Waals surface area (Å²) in [6.07, 6.45) is 6.14. The highest BCUT2D eigenvalue weighted by Gasteiger charge is 2.27. The number of carbonyl (C=O) groups excluding carboxylic acids is 1. The number of amides is 2. The summed E-state index contributed by atoms with van der Waals surface area (Å²) < 4.78 is 0. The maximum atomic E-state index is 12.3. The Hall–Kier alpha value is -0.770. The normalized spacial score (nSPS) is 25.4. The van der Waals surface area contributed by atoms with Crippen LogP contribution in [-0.2, 0) is 0 Å². The van der Waals surface area contributed by atoms with Gasteiger partial charge in [-0.05, 0) is 45.2 Å². The van der Waals surface area contributed by atoms with E-state index in [4.69, 9.17) is 0 Å². The number of carbonyl (C=O) groups is 1. The second kappa shape index (κ2) is 6.41. The lowest BCUT2D eigenvalue weighted by Gasteiger charge is -2.33. The van der Waals surface area contributed by atoms with E-state index in [0.717, 1.165) is 26.2 Å². The van der Waals surface area contributed by atoms with E-state index in [-0.39, 0.29) is 6.03 Å². The summed E-state index contributed by atoms with van der Waals surface area (Å²) in [4.78, 5) is 18.8. The van der Waals surface area contributed by atoms with Gasteiger partial charge in [-0.3, -0.25) is 4.90 Å². The van der Waals surface area contributed by atoms with E-state index in [2.05, 4.69) is 11.8 Å². The van der Waals surface area contributed by atoms with Crippen LogP contribution in [0.15, 0.2) is 0 Å². The van der Waals surface area contributed by atoms with Crippen LogP contribution in [0.3, 0.4) is 0 Å². The van der Waals surface area contributed by atoms with Gasteiger partial charge in [0.05, 0.1) is 0 Å². The van der Waals surface area contributed by atoms with Gasteiger partial charge in [0.15, 0.2) is 0 Å². The van der Waals surface area contributed by atoms with E-state index in [0.29, 0.717) is 6.04 Å². The van der Waals surface area contributed by atoms with Gasteiger partial charge in [-0.2, -0.15) is 0 Å². The summed E-state index contributed by atoms with van der Waals surface area (Å²) >= 11 is 0. The molecule has 0 aromatic heterocycles. The molecule has 4 heteroatoms. The Balaban J connectivity index is 1.82. The van der Waals surface area contributed by atoms with E-state index in [1.807, 2.05) is 16.8 Å². The molecular weight excluding hydrogens is 226 g/mol. The minimum absolute atomic E-state index is 0.234. The highest BCUT2D eigenvalue weighted by atomic mass is 16.2. The molecule has 2 fully saturated rings. The van der Waals surface area contributed by atoms with E-state index in [1.54, 1.807) is 0 Å². The standard InChI is InChI=1S/C14H27N3O/c1-3-16-11-7-8-13(16)12-15(2)14(18)17-9-5-4-6-10-17/h13H,3-12H2,1-2H3. The summed E-state index contributed by atoms with van der Waals surface area (Å²) in [6.45, 7) is 7.31. The molecule has 0 bridgehead atoms. The molecule has 2 saturated heterocycles. The van der Waals surface area contributed by atoms with E-state index < -0.39 is 0 Å². The third kappa shape index (κ3) is 3.16. The van der Waals surface area contributed by atoms with Gasteiger partial charge in [0.1, 0.15) is 0 Å². The molecule has 0 aromatic carbocycles. The Morgan fingerprint density at radius 1 is 1.17 bits per heavy atom. The molecule has 2 aliphatic heterocycles. The minimum atomic E-state index is 0.234. The zero-order valence-electron chi connectivity index (χ0n) is 11.9. The topological polar surface area (TPSA) is 26.8 Å². The van der Waals surface area contributed by atoms with Crippen molar-refractivity contribution in [3.05, 3.63) is 0 Å². The van der Waals surface area contributed by atoms with Crippen LogP contribution >= 0.6 is 0 Å². The zero-order chi connectivity index (χ0) is 13.0. The SMILES string of the molecule is CCN1CCCC1CN(C)C(=O)N1CCCCC1. The second-order valence-electron chi connectivity index (χ2n) is 5.64. The van der Waals surface area contributed by atoms with Crippen molar-refractivity contribution in [2.45, 2.75) is 45.1 Å². The fourth-order valence-corrected chi connectivity index (χ4v) is 3.24. The summed E-state index contributed by atoms with van der Waals surface area (Å²) in [6, 6.07) is 0.811. The summed E-state index contributed by atoms with van der Waals surface area (Å²) in [5.74, 6) is 0. The molecule has 2 aliphatic rings. The number of urea groups is 1. The van der Waals surface area contributed by atoms with Crippen LogP contribution in [0.25, 0.3) is 0 Å². The lowest BCUT2D eigenvalue weighted by Crippen LogP contribution is -2.48. The van der Waals surface area contributed by atoms with Gasteiger partial charge >= 0.3 is 6.03 Å². The van der Waals surface area contributed by atoms with Crippen molar-refractivity contribution in [3.63, 3.8) is 0 Å². The summed E-state index contributed by atoms with van der Waals surface area (Å²) in [5.41, 5.74) is 0. The van der Waals surface area contributed by atoms with Gasteiger partial charge in [0, 0.05) is 32.7 Å². The first-order chi connectivity index (χ1) is 8.72. The van der Waals surface area contributed by atoms with Crippen molar-refractivity contribution < 1.29 is 4.79 Å². The van der Waals surface area contributed by atoms with Crippen molar-refractivity contribution in [3.8, 4) is 0 Å². The smallest absolute Gasteiger partial charge is 0.319 e. The van der Waals surface area contributed by atoms with Crippen molar-refractivity contribution in [2.75, 3.05) is 39.8 Å². The third-order valence-corrected chi connectivity index (χ3v) is 4.34. The molecule has 0 saturated carbocycles. The lowest BCUT2D eigenvalue weighted by molar-refractivity contribution is 0.138. The Bertz CT molecular complexity index is 276. The van der Waals surface area contributed by atoms with E-state index >= 15 is 0 Å². The molecular formula is C14H27N3O. The van der Waals surface area contributed by atoms with Crippen LogP contribution in [0.4, 0.5) is 4.79 Å². The molecule has 0 aliphatic carbocycles. The fraction of sp³-hybridized carbons (Fsp3) is 0.929. The molecule has 0 N–H and O–H groups in total. The number of rotatable bonds is 3. The van der Waals surface area contributed by atoms with Gasteiger partial charge in [0.25, 0.3) is 0 Å². The third-order valence-electron chi connectivity index (χ3n) is 4.34. The first-order valence-electron chi connectivity index (χ1n) is 7.46. The molecule has 104 valence electrons. The number of hydrogen-bond donors (Lipinski definition) is 0. The number of likely N-dealkylation sites (tertiary alicyclic amines) is 2. The van der Waals surface area contributed by atoms with Gasteiger partial charge in [-0.15, -0.1) is 0 Å². The molecule has 4 nitrogen and oxygen atoms in total. The van der Waals surface area contributed by atoms with Crippen molar-refractivity contribution in [2.24, 2.45) is 0 Å². The summed E-state index contributed by atoms with van der Waals surface area (Å²) in [5, 5.41) is 0. The Kier molecular flexibility index (Phi) is 4.87. The largest absolute Gasteiger partial charge is 0.326 e. The molecule has 1 atom stereocenters. The second-order valence-corrected chi connectivity index (χ2v) is 5.64. The minimum Gasteiger partial charge on any atom is -0.326 e. The maximum Gasteiger partial charge on any atom is 0.319 e. The average molecular weight is 253 g/mol. The monoisotopic (exact) mass is 253 g/mol. The van der Waals surface area contributed by atoms with E-state index in [9.17, 15) is 4.79 Å². The first-order valence-corrected chi connectivity index (χ1v) is 7.46. The molecule has 0 aromatic rings. The van der Waals surface area contributed by atoms with Crippen molar-refractivity contribution in [1.82, 2.24) is 14.7 Å². The quantitative estimate of drug-likeness (QED) is 0.769. The van der Waals surface area contributed by atoms with Gasteiger partial charge in [0.2, 0.25) is 0 Å². The molecule has 0 radical (unpaired) electrons. The summed E-state index contributed by atoms with van der Waals surface area (Å²) in [7, 11) is 1.96. The van der Waals surface area contributed by atoms with Crippen molar-refractivity contribution in [1.29, 1.82) is 0 Å². The molecule has 18 heavy (non-hydrogen) atoms. The molecule has 2 rings (SSSR count). The van der Waals surface area contributed by atoms with Gasteiger partial charge in [-0.25, -0.2) is 4.79 Å². The molecule has 2 heterocycles. The first kappa shape index (κ1) is 13.7. The van der Waals surface area contributed by atoms with Crippen LogP contribution < -0.4 is 0 Å². The van der Waals surface area contributed by atoms with Crippen LogP contribution in [0, 0.1) is 0 Å². The Labute approximate surface area is 111 Å². The maximum absolute atomic E-state index is 12.3. The zero-order valence-corrected chi connectivity index (χ0v) is 11.9. The average Bonchev–Trinajstić information content (AvgIpc) is 2.86. The number of piperidine rings is 1. The van der Waals surface area contributed by atoms with Gasteiger partial charge < -0.3 is 9.80 Å². The molecule has 2 amide bonds. The Morgan fingerprint density at radius 2 is 1.89 bits per heavy atom. The fourth-order valence-electron chi connectivity index (χ4n) is 3.24. The Morgan fingerprint density at radius 3 is 2.56 bits per heavy atom. The molecule has 0 spiro atoms. The molecule has 1 unspecified atom stereocenters. The number of likely N-dealkylation sites (N-methyl/N-ethyl adjacent to an activating group) is 2. The highest BCUT2D eigenvalue weighted by molar-refractivity contribution is 5.74. The highest BCUT2D eigenvalue weighted by Crippen LogP contribution is 2.18. The van der Waals surface area contributed by atoms with Crippen LogP contribution in [0.1, 0.15) is 39.0 Å². The van der Waals surface area contributed by atoms with Crippen LogP contribution in [0.2, 0.25) is 0 Å². The van der Waals surface area contributed by atoms with Crippen LogP contribution in [0.5, 0.6) is 0 Å². The lowest BCUT2D eigenvalue weighted by atomic mass is 10.1.